The zero-order valence-corrected chi connectivity index (χ0v) is 11.5. The molecule has 2 aliphatic heterocycles. The van der Waals surface area contributed by atoms with Crippen molar-refractivity contribution in [3.63, 3.8) is 0 Å². The van der Waals surface area contributed by atoms with Gasteiger partial charge in [0, 0.05) is 11.6 Å². The molecule has 0 N–H and O–H groups in total. The van der Waals surface area contributed by atoms with Crippen molar-refractivity contribution in [2.45, 2.75) is 18.4 Å². The third-order valence-corrected chi connectivity index (χ3v) is 4.75. The van der Waals surface area contributed by atoms with Gasteiger partial charge in [0.25, 0.3) is 0 Å². The van der Waals surface area contributed by atoms with Gasteiger partial charge in [-0.15, -0.1) is 0 Å². The first-order valence-electron chi connectivity index (χ1n) is 6.91. The van der Waals surface area contributed by atoms with Gasteiger partial charge in [-0.05, 0) is 47.7 Å². The fraction of sp³-hybridized carbons (Fsp3) is 0.294. The first kappa shape index (κ1) is 11.5. The van der Waals surface area contributed by atoms with E-state index in [0.29, 0.717) is 6.04 Å². The number of hydrogen-bond acceptors (Lipinski definition) is 1. The van der Waals surface area contributed by atoms with Gasteiger partial charge in [-0.1, -0.05) is 48.0 Å². The molecule has 2 heteroatoms. The highest BCUT2D eigenvalue weighted by Crippen LogP contribution is 2.45. The molecule has 3 unspecified atom stereocenters. The van der Waals surface area contributed by atoms with Crippen LogP contribution in [0.1, 0.15) is 35.1 Å². The predicted molar refractivity (Wildman–Crippen MR) is 78.7 cm³/mol. The molecule has 96 valence electrons. The van der Waals surface area contributed by atoms with Crippen molar-refractivity contribution in [1.29, 1.82) is 0 Å². The van der Waals surface area contributed by atoms with Gasteiger partial charge in [0.1, 0.15) is 0 Å². The summed E-state index contributed by atoms with van der Waals surface area (Å²) in [6, 6.07) is 17.7. The summed E-state index contributed by atoms with van der Waals surface area (Å²) in [7, 11) is 0. The van der Waals surface area contributed by atoms with E-state index in [0.717, 1.165) is 10.9 Å². The molecule has 0 aromatic heterocycles. The smallest absolute Gasteiger partial charge is 0.0604 e. The van der Waals surface area contributed by atoms with Crippen molar-refractivity contribution in [3.8, 4) is 0 Å². The zero-order chi connectivity index (χ0) is 12.8. The number of hydrogen-bond donors (Lipinski definition) is 0. The molecule has 1 fully saturated rings. The van der Waals surface area contributed by atoms with Crippen molar-refractivity contribution in [1.82, 2.24) is 4.90 Å². The molecule has 0 saturated carbocycles. The highest BCUT2D eigenvalue weighted by molar-refractivity contribution is 6.30. The Hall–Kier alpha value is -1.31. The fourth-order valence-corrected chi connectivity index (χ4v) is 3.77. The molecule has 2 aromatic rings. The van der Waals surface area contributed by atoms with Crippen LogP contribution in [-0.2, 0) is 0 Å². The van der Waals surface area contributed by atoms with E-state index in [2.05, 4.69) is 41.3 Å². The molecule has 0 aliphatic carbocycles. The Labute approximate surface area is 118 Å². The van der Waals surface area contributed by atoms with E-state index in [4.69, 9.17) is 11.6 Å². The van der Waals surface area contributed by atoms with E-state index in [9.17, 15) is 0 Å². The first-order valence-corrected chi connectivity index (χ1v) is 7.29. The predicted octanol–water partition coefficient (Wildman–Crippen LogP) is 4.23. The lowest BCUT2D eigenvalue weighted by molar-refractivity contribution is 0.265. The second kappa shape index (κ2) is 4.36. The van der Waals surface area contributed by atoms with Crippen LogP contribution in [0.3, 0.4) is 0 Å². The van der Waals surface area contributed by atoms with Crippen molar-refractivity contribution in [2.24, 2.45) is 0 Å². The van der Waals surface area contributed by atoms with Crippen molar-refractivity contribution in [2.75, 3.05) is 13.1 Å². The Morgan fingerprint density at radius 1 is 0.947 bits per heavy atom. The van der Waals surface area contributed by atoms with Gasteiger partial charge < -0.3 is 0 Å². The Kier molecular flexibility index (Phi) is 2.64. The van der Waals surface area contributed by atoms with E-state index in [-0.39, 0.29) is 0 Å². The third kappa shape index (κ3) is 1.80. The highest BCUT2D eigenvalue weighted by Gasteiger charge is 2.37. The van der Waals surface area contributed by atoms with E-state index in [1.54, 1.807) is 5.56 Å². The van der Waals surface area contributed by atoms with Crippen molar-refractivity contribution >= 4 is 11.6 Å². The number of rotatable bonds is 1. The molecule has 0 spiro atoms. The molecule has 2 bridgehead atoms. The standard InChI is InChI=1S/C17H16ClN/c18-14-7-5-12(6-8-14)17-16-4-2-1-3-15(16)13-9-10-19(17)11-13/h1-8,13,17H,9-11H2. The number of halogens is 1. The van der Waals surface area contributed by atoms with E-state index in [1.807, 2.05) is 12.1 Å². The quantitative estimate of drug-likeness (QED) is 0.749. The Balaban J connectivity index is 1.86. The van der Waals surface area contributed by atoms with Crippen LogP contribution in [0.5, 0.6) is 0 Å². The highest BCUT2D eigenvalue weighted by atomic mass is 35.5. The van der Waals surface area contributed by atoms with E-state index in [1.165, 1.54) is 30.6 Å². The van der Waals surface area contributed by atoms with Crippen LogP contribution in [0.25, 0.3) is 0 Å². The largest absolute Gasteiger partial charge is 0.292 e. The molecule has 3 atom stereocenters. The molecule has 2 heterocycles. The lowest BCUT2D eigenvalue weighted by Gasteiger charge is -2.34. The van der Waals surface area contributed by atoms with Crippen LogP contribution in [0.15, 0.2) is 48.5 Å². The van der Waals surface area contributed by atoms with Gasteiger partial charge in [-0.3, -0.25) is 4.90 Å². The fourth-order valence-electron chi connectivity index (χ4n) is 3.64. The third-order valence-electron chi connectivity index (χ3n) is 4.50. The number of fused-ring (bicyclic) bond motifs is 4. The van der Waals surface area contributed by atoms with Crippen molar-refractivity contribution < 1.29 is 0 Å². The summed E-state index contributed by atoms with van der Waals surface area (Å²) in [6.07, 6.45) is 1.29. The second-order valence-corrected chi connectivity index (χ2v) is 6.00. The van der Waals surface area contributed by atoms with Gasteiger partial charge in [0.15, 0.2) is 0 Å². The molecular weight excluding hydrogens is 254 g/mol. The van der Waals surface area contributed by atoms with Crippen LogP contribution < -0.4 is 0 Å². The molecule has 0 radical (unpaired) electrons. The first-order chi connectivity index (χ1) is 9.33. The van der Waals surface area contributed by atoms with Gasteiger partial charge in [-0.25, -0.2) is 0 Å². The van der Waals surface area contributed by atoms with E-state index < -0.39 is 0 Å². The average Bonchev–Trinajstić information content (AvgIpc) is 2.86. The molecule has 1 saturated heterocycles. The lowest BCUT2D eigenvalue weighted by Crippen LogP contribution is -2.31. The molecule has 2 aromatic carbocycles. The summed E-state index contributed by atoms with van der Waals surface area (Å²) in [6.45, 7) is 2.40. The lowest BCUT2D eigenvalue weighted by atomic mass is 9.85. The summed E-state index contributed by atoms with van der Waals surface area (Å²) in [5.74, 6) is 0.736. The molecule has 19 heavy (non-hydrogen) atoms. The van der Waals surface area contributed by atoms with Crippen LogP contribution in [0, 0.1) is 0 Å². The minimum atomic E-state index is 0.409. The topological polar surface area (TPSA) is 3.24 Å². The zero-order valence-electron chi connectivity index (χ0n) is 10.7. The Morgan fingerprint density at radius 2 is 1.68 bits per heavy atom. The molecular formula is C17H16ClN. The molecule has 1 nitrogen and oxygen atoms in total. The summed E-state index contributed by atoms with van der Waals surface area (Å²) in [4.78, 5) is 2.61. The minimum Gasteiger partial charge on any atom is -0.292 e. The molecule has 2 aliphatic rings. The van der Waals surface area contributed by atoms with E-state index >= 15 is 0 Å². The van der Waals surface area contributed by atoms with Gasteiger partial charge in [-0.2, -0.15) is 0 Å². The van der Waals surface area contributed by atoms with Crippen LogP contribution in [0.4, 0.5) is 0 Å². The Bertz CT molecular complexity index is 605. The maximum atomic E-state index is 6.02. The second-order valence-electron chi connectivity index (χ2n) is 5.56. The van der Waals surface area contributed by atoms with Crippen LogP contribution in [-0.4, -0.2) is 18.0 Å². The maximum Gasteiger partial charge on any atom is 0.0604 e. The summed E-state index contributed by atoms with van der Waals surface area (Å²) in [5.41, 5.74) is 4.40. The summed E-state index contributed by atoms with van der Waals surface area (Å²) >= 11 is 6.02. The maximum absolute atomic E-state index is 6.02. The summed E-state index contributed by atoms with van der Waals surface area (Å²) in [5, 5.41) is 0.812. The van der Waals surface area contributed by atoms with Gasteiger partial charge in [0.05, 0.1) is 6.04 Å². The van der Waals surface area contributed by atoms with Crippen LogP contribution >= 0.6 is 11.6 Å². The number of nitrogens with zero attached hydrogens (tertiary/aromatic N) is 1. The van der Waals surface area contributed by atoms with Gasteiger partial charge >= 0.3 is 0 Å². The normalized spacial score (nSPS) is 28.2. The Morgan fingerprint density at radius 3 is 2.47 bits per heavy atom. The van der Waals surface area contributed by atoms with Gasteiger partial charge in [0.2, 0.25) is 0 Å². The average molecular weight is 270 g/mol. The monoisotopic (exact) mass is 269 g/mol. The minimum absolute atomic E-state index is 0.409. The molecule has 4 rings (SSSR count). The summed E-state index contributed by atoms with van der Waals surface area (Å²) < 4.78 is 0. The number of benzene rings is 2. The van der Waals surface area contributed by atoms with Crippen molar-refractivity contribution in [3.05, 3.63) is 70.2 Å². The van der Waals surface area contributed by atoms with Crippen LogP contribution in [0.2, 0.25) is 5.02 Å². The SMILES string of the molecule is Clc1ccc(C2c3ccccc3C3CCN2C3)cc1. The molecule has 0 amide bonds.